The van der Waals surface area contributed by atoms with Gasteiger partial charge in [-0.3, -0.25) is 4.98 Å². The molecule has 5 heteroatoms. The Morgan fingerprint density at radius 3 is 2.48 bits per heavy atom. The molecule has 164 valence electrons. The van der Waals surface area contributed by atoms with Gasteiger partial charge in [-0.15, -0.1) is 22.9 Å². The second-order valence-corrected chi connectivity index (χ2v) is 9.56. The Morgan fingerprint density at radius 1 is 1.16 bits per heavy atom. The van der Waals surface area contributed by atoms with Crippen LogP contribution in [0.25, 0.3) is 11.1 Å². The first-order valence-corrected chi connectivity index (χ1v) is 11.9. The number of fused-ring (bicyclic) bond motifs is 1. The molecule has 0 bridgehead atoms. The van der Waals surface area contributed by atoms with Gasteiger partial charge in [-0.25, -0.2) is 0 Å². The zero-order valence-corrected chi connectivity index (χ0v) is 20.8. The van der Waals surface area contributed by atoms with Gasteiger partial charge in [0.1, 0.15) is 0 Å². The minimum atomic E-state index is 0.346. The minimum Gasteiger partial charge on any atom is -0.300 e. The fourth-order valence-corrected chi connectivity index (χ4v) is 5.00. The summed E-state index contributed by atoms with van der Waals surface area (Å²) in [6, 6.07) is 13.1. The Balaban J connectivity index is 0.000000431. The normalized spacial score (nSPS) is 14.9. The van der Waals surface area contributed by atoms with Crippen molar-refractivity contribution in [3.63, 3.8) is 0 Å². The Morgan fingerprint density at radius 2 is 1.84 bits per heavy atom. The summed E-state index contributed by atoms with van der Waals surface area (Å²) in [4.78, 5) is 8.15. The standard InChI is InChI=1S/C20H19ClN2S.C4H6.C2H5Cl/c1-13-7-14(10-22-9-13)15-5-3-4-6-16(15)18-11-23(2)12-19-17(18)8-20(21)24-19;1-3-4-2;1-2-3/h3-10,18H,11-12H2,1-2H3;3-4H,1-2H2;2H2,1H3/t18-;;/m0../s1. The Kier molecular flexibility index (Phi) is 10.5. The summed E-state index contributed by atoms with van der Waals surface area (Å²) in [5.74, 6) is 1.07. The number of benzene rings is 1. The number of aromatic nitrogens is 1. The molecule has 0 aliphatic carbocycles. The van der Waals surface area contributed by atoms with Crippen molar-refractivity contribution in [1.29, 1.82) is 0 Å². The number of rotatable bonds is 3. The van der Waals surface area contributed by atoms with Crippen molar-refractivity contribution in [3.8, 4) is 11.1 Å². The van der Waals surface area contributed by atoms with Gasteiger partial charge in [0.2, 0.25) is 0 Å². The zero-order chi connectivity index (χ0) is 22.8. The lowest BCUT2D eigenvalue weighted by Crippen LogP contribution is -2.30. The number of nitrogens with zero attached hydrogens (tertiary/aromatic N) is 2. The van der Waals surface area contributed by atoms with E-state index in [9.17, 15) is 0 Å². The van der Waals surface area contributed by atoms with Crippen LogP contribution >= 0.6 is 34.5 Å². The molecule has 4 rings (SSSR count). The van der Waals surface area contributed by atoms with Gasteiger partial charge in [0, 0.05) is 47.7 Å². The van der Waals surface area contributed by atoms with E-state index >= 15 is 0 Å². The van der Waals surface area contributed by atoms with Crippen LogP contribution in [-0.2, 0) is 6.54 Å². The monoisotopic (exact) mass is 472 g/mol. The molecule has 1 atom stereocenters. The highest BCUT2D eigenvalue weighted by Gasteiger charge is 2.28. The first-order chi connectivity index (χ1) is 14.9. The molecule has 3 heterocycles. The van der Waals surface area contributed by atoms with Crippen LogP contribution in [0.4, 0.5) is 0 Å². The van der Waals surface area contributed by atoms with E-state index in [1.165, 1.54) is 32.7 Å². The summed E-state index contributed by atoms with van der Waals surface area (Å²) in [5, 5.41) is 0. The first-order valence-electron chi connectivity index (χ1n) is 10.2. The number of allylic oxidation sites excluding steroid dienone is 2. The molecular formula is C26H30Cl2N2S. The summed E-state index contributed by atoms with van der Waals surface area (Å²) >= 11 is 13.0. The Bertz CT molecular complexity index is 991. The van der Waals surface area contributed by atoms with E-state index in [2.05, 4.69) is 73.4 Å². The van der Waals surface area contributed by atoms with E-state index < -0.39 is 0 Å². The lowest BCUT2D eigenvalue weighted by atomic mass is 9.84. The molecule has 3 aromatic rings. The third-order valence-electron chi connectivity index (χ3n) is 4.78. The van der Waals surface area contributed by atoms with Gasteiger partial charge in [-0.1, -0.05) is 68.1 Å². The van der Waals surface area contributed by atoms with Crippen molar-refractivity contribution in [2.75, 3.05) is 19.5 Å². The van der Waals surface area contributed by atoms with E-state index in [0.717, 1.165) is 23.3 Å². The Labute approximate surface area is 200 Å². The maximum atomic E-state index is 6.32. The predicted molar refractivity (Wildman–Crippen MR) is 139 cm³/mol. The number of hydrogen-bond donors (Lipinski definition) is 0. The Hall–Kier alpha value is -1.91. The van der Waals surface area contributed by atoms with Crippen molar-refractivity contribution < 1.29 is 0 Å². The summed E-state index contributed by atoms with van der Waals surface area (Å²) in [5.41, 5.74) is 6.37. The molecule has 0 unspecified atom stereocenters. The summed E-state index contributed by atoms with van der Waals surface area (Å²) in [6.07, 6.45) is 7.14. The molecule has 1 aromatic carbocycles. The summed E-state index contributed by atoms with van der Waals surface area (Å²) < 4.78 is 0.884. The molecule has 0 N–H and O–H groups in total. The number of alkyl halides is 1. The molecule has 0 radical (unpaired) electrons. The van der Waals surface area contributed by atoms with Gasteiger partial charge in [0.15, 0.2) is 0 Å². The maximum absolute atomic E-state index is 6.32. The van der Waals surface area contributed by atoms with Crippen LogP contribution in [0.5, 0.6) is 0 Å². The van der Waals surface area contributed by atoms with Gasteiger partial charge in [0.25, 0.3) is 0 Å². The molecule has 0 saturated heterocycles. The fraction of sp³-hybridized carbons (Fsp3) is 0.269. The van der Waals surface area contributed by atoms with Gasteiger partial charge in [0.05, 0.1) is 4.34 Å². The highest BCUT2D eigenvalue weighted by atomic mass is 35.5. The third-order valence-corrected chi connectivity index (χ3v) is 6.05. The first kappa shape index (κ1) is 25.4. The maximum Gasteiger partial charge on any atom is 0.0934 e. The molecular weight excluding hydrogens is 443 g/mol. The van der Waals surface area contributed by atoms with E-state index in [1.807, 2.05) is 19.3 Å². The second-order valence-electron chi connectivity index (χ2n) is 7.26. The molecule has 0 spiro atoms. The molecule has 0 fully saturated rings. The van der Waals surface area contributed by atoms with Crippen molar-refractivity contribution in [3.05, 3.63) is 100 Å². The van der Waals surface area contributed by atoms with Crippen LogP contribution in [0.3, 0.4) is 0 Å². The van der Waals surface area contributed by atoms with E-state index in [1.54, 1.807) is 23.5 Å². The lowest BCUT2D eigenvalue weighted by Gasteiger charge is -2.31. The third kappa shape index (κ3) is 7.05. The highest BCUT2D eigenvalue weighted by molar-refractivity contribution is 7.16. The SMILES string of the molecule is C=CC=C.CCCl.Cc1cncc(-c2ccccc2[C@@H]2CN(C)Cc3sc(Cl)cc32)c1. The van der Waals surface area contributed by atoms with Crippen LogP contribution in [0, 0.1) is 6.92 Å². The highest BCUT2D eigenvalue weighted by Crippen LogP contribution is 2.42. The minimum absolute atomic E-state index is 0.346. The van der Waals surface area contributed by atoms with Crippen molar-refractivity contribution >= 4 is 34.5 Å². The second kappa shape index (κ2) is 12.8. The van der Waals surface area contributed by atoms with Crippen LogP contribution in [-0.4, -0.2) is 29.4 Å². The van der Waals surface area contributed by atoms with Gasteiger partial charge in [-0.05, 0) is 48.4 Å². The molecule has 2 nitrogen and oxygen atoms in total. The van der Waals surface area contributed by atoms with E-state index in [4.69, 9.17) is 23.2 Å². The smallest absolute Gasteiger partial charge is 0.0934 e. The predicted octanol–water partition coefficient (Wildman–Crippen LogP) is 7.95. The van der Waals surface area contributed by atoms with Crippen LogP contribution in [0.2, 0.25) is 4.34 Å². The number of aryl methyl sites for hydroxylation is 1. The molecule has 2 aromatic heterocycles. The topological polar surface area (TPSA) is 16.1 Å². The van der Waals surface area contributed by atoms with E-state index in [-0.39, 0.29) is 0 Å². The lowest BCUT2D eigenvalue weighted by molar-refractivity contribution is 0.299. The quantitative estimate of drug-likeness (QED) is 0.283. The van der Waals surface area contributed by atoms with Gasteiger partial charge < -0.3 is 4.90 Å². The molecule has 0 saturated carbocycles. The van der Waals surface area contributed by atoms with Crippen LogP contribution in [0.15, 0.2) is 74.1 Å². The van der Waals surface area contributed by atoms with Crippen LogP contribution < -0.4 is 0 Å². The van der Waals surface area contributed by atoms with Crippen molar-refractivity contribution in [1.82, 2.24) is 9.88 Å². The largest absolute Gasteiger partial charge is 0.300 e. The van der Waals surface area contributed by atoms with Gasteiger partial charge in [-0.2, -0.15) is 0 Å². The van der Waals surface area contributed by atoms with Crippen molar-refractivity contribution in [2.45, 2.75) is 26.3 Å². The number of likely N-dealkylation sites (N-methyl/N-ethyl adjacent to an activating group) is 1. The van der Waals surface area contributed by atoms with E-state index in [0.29, 0.717) is 5.92 Å². The fourth-order valence-electron chi connectivity index (χ4n) is 3.58. The van der Waals surface area contributed by atoms with Gasteiger partial charge >= 0.3 is 0 Å². The number of thiophene rings is 1. The summed E-state index contributed by atoms with van der Waals surface area (Å²) in [6.45, 7) is 12.7. The number of hydrogen-bond acceptors (Lipinski definition) is 3. The number of pyridine rings is 1. The average molecular weight is 474 g/mol. The molecule has 31 heavy (non-hydrogen) atoms. The summed E-state index contributed by atoms with van der Waals surface area (Å²) in [7, 11) is 2.18. The number of halogens is 2. The van der Waals surface area contributed by atoms with Crippen LogP contribution in [0.1, 0.15) is 34.4 Å². The van der Waals surface area contributed by atoms with Crippen molar-refractivity contribution in [2.24, 2.45) is 0 Å². The zero-order valence-electron chi connectivity index (χ0n) is 18.4. The molecule has 1 aliphatic heterocycles. The molecule has 0 amide bonds. The average Bonchev–Trinajstić information content (AvgIpc) is 3.14. The molecule has 1 aliphatic rings.